The lowest BCUT2D eigenvalue weighted by Crippen LogP contribution is -2.60. The highest BCUT2D eigenvalue weighted by Gasteiger charge is 2.59. The van der Waals surface area contributed by atoms with Crippen LogP contribution >= 0.6 is 11.3 Å². The van der Waals surface area contributed by atoms with Gasteiger partial charge >= 0.3 is 11.9 Å². The molecule has 3 aromatic rings. The van der Waals surface area contributed by atoms with Gasteiger partial charge in [-0.15, -0.1) is 11.3 Å². The van der Waals surface area contributed by atoms with Crippen LogP contribution in [0.15, 0.2) is 71.2 Å². The number of ether oxygens (including phenoxy) is 2. The van der Waals surface area contributed by atoms with Crippen molar-refractivity contribution < 1.29 is 19.1 Å². The van der Waals surface area contributed by atoms with Gasteiger partial charge in [-0.1, -0.05) is 54.1 Å². The standard InChI is InChI=1S/C29H32N2O4S/c1-6-34-27(32)24-19(4)30-20(5)29(28(33)35-7-2,22-14-9-8-10-15-22)25(24)26-31-23(17-36-26)21-13-11-12-18(3)16-21/h8-17,20,25,30H,6-7H2,1-5H3. The summed E-state index contributed by atoms with van der Waals surface area (Å²) < 4.78 is 11.2. The first-order valence-corrected chi connectivity index (χ1v) is 13.1. The van der Waals surface area contributed by atoms with Crippen LogP contribution in [-0.2, 0) is 24.5 Å². The summed E-state index contributed by atoms with van der Waals surface area (Å²) in [6.45, 7) is 9.86. The molecule has 1 aliphatic heterocycles. The number of esters is 2. The van der Waals surface area contributed by atoms with Crippen molar-refractivity contribution in [1.29, 1.82) is 0 Å². The summed E-state index contributed by atoms with van der Waals surface area (Å²) in [4.78, 5) is 32.4. The molecular formula is C29H32N2O4S. The molecule has 0 bridgehead atoms. The van der Waals surface area contributed by atoms with Crippen LogP contribution in [0, 0.1) is 6.92 Å². The third-order valence-electron chi connectivity index (χ3n) is 6.71. The fourth-order valence-electron chi connectivity index (χ4n) is 5.16. The molecule has 0 aliphatic carbocycles. The van der Waals surface area contributed by atoms with Crippen LogP contribution in [0.5, 0.6) is 0 Å². The Kier molecular flexibility index (Phi) is 7.59. The normalized spacial score (nSPS) is 21.6. The van der Waals surface area contributed by atoms with Crippen molar-refractivity contribution in [3.63, 3.8) is 0 Å². The number of rotatable bonds is 7. The number of benzene rings is 2. The second-order valence-corrected chi connectivity index (χ2v) is 9.84. The molecule has 0 saturated heterocycles. The first kappa shape index (κ1) is 25.6. The lowest BCUT2D eigenvalue weighted by molar-refractivity contribution is -0.153. The van der Waals surface area contributed by atoms with Crippen molar-refractivity contribution in [3.8, 4) is 11.3 Å². The summed E-state index contributed by atoms with van der Waals surface area (Å²) >= 11 is 1.44. The molecule has 0 amide bonds. The smallest absolute Gasteiger partial charge is 0.336 e. The second kappa shape index (κ2) is 10.7. The third-order valence-corrected chi connectivity index (χ3v) is 7.62. The Morgan fingerprint density at radius 2 is 1.75 bits per heavy atom. The van der Waals surface area contributed by atoms with Gasteiger partial charge in [-0.2, -0.15) is 0 Å². The molecule has 0 saturated carbocycles. The Labute approximate surface area is 216 Å². The van der Waals surface area contributed by atoms with Crippen molar-refractivity contribution in [2.75, 3.05) is 13.2 Å². The van der Waals surface area contributed by atoms with Gasteiger partial charge < -0.3 is 14.8 Å². The van der Waals surface area contributed by atoms with E-state index in [1.165, 1.54) is 11.3 Å². The maximum Gasteiger partial charge on any atom is 0.336 e. The molecule has 188 valence electrons. The predicted molar refractivity (Wildman–Crippen MR) is 142 cm³/mol. The molecule has 3 atom stereocenters. The Morgan fingerprint density at radius 1 is 1.03 bits per heavy atom. The quantitative estimate of drug-likeness (QED) is 0.426. The van der Waals surface area contributed by atoms with E-state index in [4.69, 9.17) is 14.5 Å². The molecule has 1 aromatic heterocycles. The van der Waals surface area contributed by atoms with Gasteiger partial charge in [0.1, 0.15) is 10.4 Å². The van der Waals surface area contributed by atoms with E-state index in [1.807, 2.05) is 74.7 Å². The van der Waals surface area contributed by atoms with Gasteiger partial charge in [0.25, 0.3) is 0 Å². The van der Waals surface area contributed by atoms with Crippen molar-refractivity contribution >= 4 is 23.3 Å². The van der Waals surface area contributed by atoms with Crippen LogP contribution in [-0.4, -0.2) is 36.2 Å². The van der Waals surface area contributed by atoms with E-state index in [9.17, 15) is 9.59 Å². The van der Waals surface area contributed by atoms with Gasteiger partial charge in [-0.25, -0.2) is 9.78 Å². The van der Waals surface area contributed by atoms with Crippen LogP contribution in [0.1, 0.15) is 49.7 Å². The fourth-order valence-corrected chi connectivity index (χ4v) is 6.17. The first-order valence-electron chi connectivity index (χ1n) is 12.2. The third kappa shape index (κ3) is 4.44. The molecule has 36 heavy (non-hydrogen) atoms. The summed E-state index contributed by atoms with van der Waals surface area (Å²) in [6, 6.07) is 17.3. The van der Waals surface area contributed by atoms with Crippen molar-refractivity contribution in [2.45, 2.75) is 52.0 Å². The van der Waals surface area contributed by atoms with E-state index >= 15 is 0 Å². The molecule has 4 rings (SSSR count). The SMILES string of the molecule is CCOC(=O)C1=C(C)NC(C)C(C(=O)OCC)(c2ccccc2)C1c1nc(-c2cccc(C)c2)cs1. The zero-order valence-electron chi connectivity index (χ0n) is 21.3. The largest absolute Gasteiger partial charge is 0.465 e. The van der Waals surface area contributed by atoms with Gasteiger partial charge in [0.15, 0.2) is 0 Å². The number of thiazole rings is 1. The summed E-state index contributed by atoms with van der Waals surface area (Å²) in [7, 11) is 0. The highest BCUT2D eigenvalue weighted by atomic mass is 32.1. The van der Waals surface area contributed by atoms with Crippen LogP contribution in [0.4, 0.5) is 0 Å². The van der Waals surface area contributed by atoms with Crippen molar-refractivity contribution in [3.05, 3.63) is 87.4 Å². The van der Waals surface area contributed by atoms with Gasteiger partial charge in [0, 0.05) is 22.7 Å². The van der Waals surface area contributed by atoms with Crippen LogP contribution in [0.2, 0.25) is 0 Å². The monoisotopic (exact) mass is 504 g/mol. The molecule has 0 spiro atoms. The topological polar surface area (TPSA) is 77.5 Å². The van der Waals surface area contributed by atoms with Crippen LogP contribution in [0.25, 0.3) is 11.3 Å². The second-order valence-electron chi connectivity index (χ2n) is 8.95. The Balaban J connectivity index is 2.01. The minimum atomic E-state index is -1.24. The Morgan fingerprint density at radius 3 is 2.42 bits per heavy atom. The number of nitrogens with one attached hydrogen (secondary N) is 1. The summed E-state index contributed by atoms with van der Waals surface area (Å²) in [5, 5.41) is 6.05. The lowest BCUT2D eigenvalue weighted by Gasteiger charge is -2.47. The average molecular weight is 505 g/mol. The van der Waals surface area contributed by atoms with E-state index < -0.39 is 23.3 Å². The van der Waals surface area contributed by atoms with E-state index in [0.717, 1.165) is 22.4 Å². The number of aryl methyl sites for hydroxylation is 1. The number of carbonyl (C=O) groups excluding carboxylic acids is 2. The van der Waals surface area contributed by atoms with Crippen LogP contribution < -0.4 is 5.32 Å². The minimum absolute atomic E-state index is 0.219. The van der Waals surface area contributed by atoms with Crippen molar-refractivity contribution in [1.82, 2.24) is 10.3 Å². The zero-order chi connectivity index (χ0) is 25.9. The highest BCUT2D eigenvalue weighted by molar-refractivity contribution is 7.10. The average Bonchev–Trinajstić information content (AvgIpc) is 3.34. The van der Waals surface area contributed by atoms with E-state index in [2.05, 4.69) is 11.4 Å². The maximum atomic E-state index is 14.0. The Bertz CT molecular complexity index is 1280. The molecule has 0 radical (unpaired) electrons. The van der Waals surface area contributed by atoms with Crippen molar-refractivity contribution in [2.24, 2.45) is 0 Å². The molecule has 2 aromatic carbocycles. The van der Waals surface area contributed by atoms with Crippen LogP contribution in [0.3, 0.4) is 0 Å². The Hall–Kier alpha value is -3.45. The first-order chi connectivity index (χ1) is 17.3. The highest BCUT2D eigenvalue weighted by Crippen LogP contribution is 2.51. The van der Waals surface area contributed by atoms with E-state index in [-0.39, 0.29) is 19.3 Å². The van der Waals surface area contributed by atoms with Gasteiger partial charge in [0.2, 0.25) is 0 Å². The molecule has 2 heterocycles. The molecule has 1 N–H and O–H groups in total. The molecule has 3 unspecified atom stereocenters. The van der Waals surface area contributed by atoms with E-state index in [1.54, 1.807) is 13.8 Å². The molecule has 1 aliphatic rings. The maximum absolute atomic E-state index is 14.0. The summed E-state index contributed by atoms with van der Waals surface area (Å²) in [5.74, 6) is -1.56. The number of aromatic nitrogens is 1. The number of hydrogen-bond acceptors (Lipinski definition) is 7. The predicted octanol–water partition coefficient (Wildman–Crippen LogP) is 5.53. The van der Waals surface area contributed by atoms with Gasteiger partial charge in [-0.3, -0.25) is 4.79 Å². The number of allylic oxidation sites excluding steroid dienone is 1. The van der Waals surface area contributed by atoms with Gasteiger partial charge in [0.05, 0.1) is 30.4 Å². The summed E-state index contributed by atoms with van der Waals surface area (Å²) in [6.07, 6.45) is 0. The lowest BCUT2D eigenvalue weighted by atomic mass is 9.61. The number of nitrogens with zero attached hydrogens (tertiary/aromatic N) is 1. The number of carbonyl (C=O) groups is 2. The molecular weight excluding hydrogens is 472 g/mol. The minimum Gasteiger partial charge on any atom is -0.465 e. The number of hydrogen-bond donors (Lipinski definition) is 1. The molecule has 6 nitrogen and oxygen atoms in total. The zero-order valence-corrected chi connectivity index (χ0v) is 22.1. The van der Waals surface area contributed by atoms with Gasteiger partial charge in [-0.05, 0) is 46.2 Å². The summed E-state index contributed by atoms with van der Waals surface area (Å²) in [5.41, 5.74) is 3.52. The molecule has 7 heteroatoms. The fraction of sp³-hybridized carbons (Fsp3) is 0.345. The molecule has 0 fully saturated rings. The van der Waals surface area contributed by atoms with E-state index in [0.29, 0.717) is 16.3 Å².